The summed E-state index contributed by atoms with van der Waals surface area (Å²) in [7, 11) is 0. The fourth-order valence-electron chi connectivity index (χ4n) is 2.70. The molecule has 1 N–H and O–H groups in total. The SMILES string of the molecule is CCc1ccc(NC(=O)[C@H](Cc2ccccc2C)c2nnn[n-]2)cc1. The van der Waals surface area contributed by atoms with E-state index in [1.165, 1.54) is 5.56 Å². The second-order valence-electron chi connectivity index (χ2n) is 5.96. The Labute approximate surface area is 146 Å². The molecule has 0 saturated heterocycles. The minimum Gasteiger partial charge on any atom is -0.335 e. The predicted molar refractivity (Wildman–Crippen MR) is 95.2 cm³/mol. The number of rotatable bonds is 6. The summed E-state index contributed by atoms with van der Waals surface area (Å²) in [6.07, 6.45) is 1.46. The van der Waals surface area contributed by atoms with Crippen molar-refractivity contribution in [3.05, 3.63) is 71.0 Å². The minimum atomic E-state index is -0.540. The van der Waals surface area contributed by atoms with E-state index in [4.69, 9.17) is 0 Å². The summed E-state index contributed by atoms with van der Waals surface area (Å²) in [4.78, 5) is 12.8. The molecule has 6 heteroatoms. The van der Waals surface area contributed by atoms with Gasteiger partial charge in [-0.2, -0.15) is 5.21 Å². The van der Waals surface area contributed by atoms with E-state index in [0.29, 0.717) is 12.2 Å². The van der Waals surface area contributed by atoms with E-state index in [1.807, 2.05) is 55.5 Å². The minimum absolute atomic E-state index is 0.165. The summed E-state index contributed by atoms with van der Waals surface area (Å²) >= 11 is 0. The van der Waals surface area contributed by atoms with Gasteiger partial charge in [-0.25, -0.2) is 0 Å². The number of benzene rings is 2. The molecule has 0 fully saturated rings. The van der Waals surface area contributed by atoms with Gasteiger partial charge in [-0.1, -0.05) is 43.3 Å². The second kappa shape index (κ2) is 7.70. The Kier molecular flexibility index (Phi) is 5.18. The van der Waals surface area contributed by atoms with Crippen LogP contribution in [0.5, 0.6) is 0 Å². The van der Waals surface area contributed by atoms with Crippen molar-refractivity contribution in [1.82, 2.24) is 20.6 Å². The predicted octanol–water partition coefficient (Wildman–Crippen LogP) is 2.66. The summed E-state index contributed by atoms with van der Waals surface area (Å²) in [5.41, 5.74) is 4.18. The summed E-state index contributed by atoms with van der Waals surface area (Å²) in [6, 6.07) is 15.8. The molecular formula is C19H20N5O-. The third kappa shape index (κ3) is 4.09. The number of amides is 1. The van der Waals surface area contributed by atoms with Gasteiger partial charge in [-0.15, -0.1) is 0 Å². The maximum atomic E-state index is 12.8. The molecule has 1 heterocycles. The van der Waals surface area contributed by atoms with E-state index >= 15 is 0 Å². The van der Waals surface area contributed by atoms with Gasteiger partial charge >= 0.3 is 0 Å². The van der Waals surface area contributed by atoms with Crippen molar-refractivity contribution in [1.29, 1.82) is 0 Å². The lowest BCUT2D eigenvalue weighted by molar-refractivity contribution is -0.117. The highest BCUT2D eigenvalue weighted by molar-refractivity contribution is 5.95. The van der Waals surface area contributed by atoms with Crippen molar-refractivity contribution in [2.75, 3.05) is 5.32 Å². The molecule has 0 aliphatic carbocycles. The van der Waals surface area contributed by atoms with Crippen LogP contribution >= 0.6 is 0 Å². The molecule has 25 heavy (non-hydrogen) atoms. The van der Waals surface area contributed by atoms with Crippen LogP contribution in [0.15, 0.2) is 48.5 Å². The highest BCUT2D eigenvalue weighted by atomic mass is 16.1. The van der Waals surface area contributed by atoms with Crippen LogP contribution in [0.3, 0.4) is 0 Å². The fourth-order valence-corrected chi connectivity index (χ4v) is 2.70. The van der Waals surface area contributed by atoms with Crippen LogP contribution in [-0.2, 0) is 17.6 Å². The number of aromatic nitrogens is 4. The Balaban J connectivity index is 1.81. The zero-order valence-corrected chi connectivity index (χ0v) is 14.3. The van der Waals surface area contributed by atoms with E-state index < -0.39 is 5.92 Å². The van der Waals surface area contributed by atoms with Gasteiger partial charge in [0.25, 0.3) is 0 Å². The zero-order chi connectivity index (χ0) is 17.6. The molecule has 0 aliphatic rings. The number of nitrogens with zero attached hydrogens (tertiary/aromatic N) is 4. The van der Waals surface area contributed by atoms with Crippen LogP contribution in [-0.4, -0.2) is 21.4 Å². The number of aryl methyl sites for hydroxylation is 2. The molecule has 3 rings (SSSR count). The molecule has 6 nitrogen and oxygen atoms in total. The van der Waals surface area contributed by atoms with Gasteiger partial charge in [-0.3, -0.25) is 15.1 Å². The number of hydrogen-bond donors (Lipinski definition) is 1. The molecule has 0 radical (unpaired) electrons. The van der Waals surface area contributed by atoms with Gasteiger partial charge in [-0.05, 0) is 48.6 Å². The number of hydrogen-bond acceptors (Lipinski definition) is 4. The first-order chi connectivity index (χ1) is 12.2. The Hall–Kier alpha value is -3.02. The van der Waals surface area contributed by atoms with Crippen molar-refractivity contribution in [3.63, 3.8) is 0 Å². The number of carbonyl (C=O) groups excluding carboxylic acids is 1. The van der Waals surface area contributed by atoms with Crippen LogP contribution in [0, 0.1) is 6.92 Å². The van der Waals surface area contributed by atoms with Crippen molar-refractivity contribution in [2.24, 2.45) is 0 Å². The molecule has 0 unspecified atom stereocenters. The topological polar surface area (TPSA) is 81.9 Å². The quantitative estimate of drug-likeness (QED) is 0.749. The third-order valence-electron chi connectivity index (χ3n) is 4.28. The molecule has 128 valence electrons. The zero-order valence-electron chi connectivity index (χ0n) is 14.3. The molecule has 0 bridgehead atoms. The molecular weight excluding hydrogens is 314 g/mol. The molecule has 0 spiro atoms. The average molecular weight is 334 g/mol. The lowest BCUT2D eigenvalue weighted by Gasteiger charge is -2.18. The van der Waals surface area contributed by atoms with Crippen molar-refractivity contribution < 1.29 is 4.79 Å². The summed E-state index contributed by atoms with van der Waals surface area (Å²) in [5, 5.41) is 17.8. The average Bonchev–Trinajstić information content (AvgIpc) is 3.16. The van der Waals surface area contributed by atoms with Gasteiger partial charge in [0.1, 0.15) is 0 Å². The largest absolute Gasteiger partial charge is 0.335 e. The fraction of sp³-hybridized carbons (Fsp3) is 0.263. The lowest BCUT2D eigenvalue weighted by Crippen LogP contribution is -2.24. The van der Waals surface area contributed by atoms with E-state index in [1.54, 1.807) is 0 Å². The van der Waals surface area contributed by atoms with Gasteiger partial charge in [0.15, 0.2) is 0 Å². The summed E-state index contributed by atoms with van der Waals surface area (Å²) < 4.78 is 0. The Morgan fingerprint density at radius 3 is 2.56 bits per heavy atom. The first kappa shape index (κ1) is 16.8. The van der Waals surface area contributed by atoms with Crippen LogP contribution in [0.4, 0.5) is 5.69 Å². The van der Waals surface area contributed by atoms with E-state index in [9.17, 15) is 4.79 Å². The highest BCUT2D eigenvalue weighted by Crippen LogP contribution is 2.21. The van der Waals surface area contributed by atoms with Gasteiger partial charge in [0, 0.05) is 11.5 Å². The Morgan fingerprint density at radius 2 is 1.92 bits per heavy atom. The van der Waals surface area contributed by atoms with Gasteiger partial charge < -0.3 is 10.4 Å². The van der Waals surface area contributed by atoms with Crippen LogP contribution < -0.4 is 10.4 Å². The van der Waals surface area contributed by atoms with Gasteiger partial charge in [0.05, 0.1) is 5.92 Å². The first-order valence-electron chi connectivity index (χ1n) is 8.30. The number of tetrazole rings is 1. The molecule has 3 aromatic rings. The smallest absolute Gasteiger partial charge is 0.232 e. The number of nitrogens with one attached hydrogen (secondary N) is 1. The van der Waals surface area contributed by atoms with Crippen molar-refractivity contribution in [2.45, 2.75) is 32.6 Å². The van der Waals surface area contributed by atoms with Gasteiger partial charge in [0.2, 0.25) is 5.91 Å². The molecule has 0 aliphatic heterocycles. The third-order valence-corrected chi connectivity index (χ3v) is 4.28. The lowest BCUT2D eigenvalue weighted by atomic mass is 9.94. The van der Waals surface area contributed by atoms with Crippen LogP contribution in [0.2, 0.25) is 0 Å². The van der Waals surface area contributed by atoms with Crippen molar-refractivity contribution in [3.8, 4) is 0 Å². The summed E-state index contributed by atoms with van der Waals surface area (Å²) in [6.45, 7) is 4.12. The number of anilines is 1. The molecule has 1 atom stereocenters. The summed E-state index contributed by atoms with van der Waals surface area (Å²) in [5.74, 6) is -0.366. The van der Waals surface area contributed by atoms with E-state index in [-0.39, 0.29) is 5.91 Å². The maximum absolute atomic E-state index is 12.8. The highest BCUT2D eigenvalue weighted by Gasteiger charge is 2.21. The molecule has 1 aromatic heterocycles. The van der Waals surface area contributed by atoms with Crippen LogP contribution in [0.1, 0.15) is 35.4 Å². The molecule has 2 aromatic carbocycles. The van der Waals surface area contributed by atoms with E-state index in [0.717, 1.165) is 23.2 Å². The Bertz CT molecular complexity index is 827. The molecule has 0 saturated carbocycles. The normalized spacial score (nSPS) is 11.9. The Morgan fingerprint density at radius 1 is 1.16 bits per heavy atom. The van der Waals surface area contributed by atoms with E-state index in [2.05, 4.69) is 32.9 Å². The standard InChI is InChI=1S/C19H21N5O/c1-3-14-8-10-16(11-9-14)20-19(25)17(18-21-23-24-22-18)12-15-7-5-4-6-13(15)2/h4-11,17H,3,12H2,1-2H3,(H2,20,21,22,23,24,25)/p-1/t17-/m1/s1. The maximum Gasteiger partial charge on any atom is 0.232 e. The molecule has 1 amide bonds. The first-order valence-corrected chi connectivity index (χ1v) is 8.30. The number of carbonyl (C=O) groups is 1. The van der Waals surface area contributed by atoms with Crippen molar-refractivity contribution >= 4 is 11.6 Å². The van der Waals surface area contributed by atoms with Crippen LogP contribution in [0.25, 0.3) is 0 Å². The second-order valence-corrected chi connectivity index (χ2v) is 5.96. The monoisotopic (exact) mass is 334 g/mol.